The molecule has 1 saturated heterocycles. The quantitative estimate of drug-likeness (QED) is 0.861. The predicted octanol–water partition coefficient (Wildman–Crippen LogP) is 4.44. The number of hydrogen-bond donors (Lipinski definition) is 1. The van der Waals surface area contributed by atoms with Gasteiger partial charge >= 0.3 is 0 Å². The monoisotopic (exact) mass is 281 g/mol. The maximum Gasteiger partial charge on any atom is 0.0692 e. The molecule has 1 aliphatic heterocycles. The third-order valence-electron chi connectivity index (χ3n) is 4.56. The number of ether oxygens (including phenoxy) is 1. The van der Waals surface area contributed by atoms with Crippen LogP contribution in [0.25, 0.3) is 0 Å². The minimum atomic E-state index is 0.111. The van der Waals surface area contributed by atoms with Gasteiger partial charge < -0.3 is 10.1 Å². The Hall–Kier alpha value is -0.380. The zero-order valence-corrected chi connectivity index (χ0v) is 13.5. The van der Waals surface area contributed by atoms with Gasteiger partial charge in [-0.2, -0.15) is 0 Å². The average molecular weight is 281 g/mol. The Morgan fingerprint density at radius 3 is 2.79 bits per heavy atom. The van der Waals surface area contributed by atoms with E-state index in [0.717, 1.165) is 32.3 Å². The van der Waals surface area contributed by atoms with Gasteiger partial charge in [0.05, 0.1) is 5.60 Å². The second-order valence-corrected chi connectivity index (χ2v) is 6.73. The molecule has 0 bridgehead atoms. The van der Waals surface area contributed by atoms with Gasteiger partial charge in [-0.15, -0.1) is 11.3 Å². The smallest absolute Gasteiger partial charge is 0.0692 e. The second kappa shape index (κ2) is 6.38. The SMILES string of the molecule is CCC1(CC)CC(NC(C)c2sccc2C)CCO1. The van der Waals surface area contributed by atoms with Crippen LogP contribution in [0.15, 0.2) is 11.4 Å². The lowest BCUT2D eigenvalue weighted by atomic mass is 9.85. The third kappa shape index (κ3) is 3.39. The standard InChI is InChI=1S/C16H27NOS/c1-5-16(6-2)11-14(7-9-18-16)17-13(4)15-12(3)8-10-19-15/h8,10,13-14,17H,5-7,9,11H2,1-4H3. The minimum Gasteiger partial charge on any atom is -0.375 e. The molecule has 0 saturated carbocycles. The van der Waals surface area contributed by atoms with Crippen molar-refractivity contribution in [2.45, 2.75) is 71.1 Å². The third-order valence-corrected chi connectivity index (χ3v) is 5.76. The highest BCUT2D eigenvalue weighted by molar-refractivity contribution is 7.10. The molecule has 1 aliphatic rings. The molecule has 0 aromatic carbocycles. The Balaban J connectivity index is 1.97. The molecule has 2 nitrogen and oxygen atoms in total. The van der Waals surface area contributed by atoms with Gasteiger partial charge in [-0.3, -0.25) is 0 Å². The van der Waals surface area contributed by atoms with Crippen LogP contribution in [0.3, 0.4) is 0 Å². The van der Waals surface area contributed by atoms with Crippen LogP contribution in [0.1, 0.15) is 62.9 Å². The molecule has 108 valence electrons. The molecular weight excluding hydrogens is 254 g/mol. The molecule has 3 heteroatoms. The van der Waals surface area contributed by atoms with E-state index in [2.05, 4.69) is 44.5 Å². The van der Waals surface area contributed by atoms with Crippen LogP contribution in [0.4, 0.5) is 0 Å². The normalized spacial score (nSPS) is 24.3. The number of hydrogen-bond acceptors (Lipinski definition) is 3. The van der Waals surface area contributed by atoms with Crippen LogP contribution >= 0.6 is 11.3 Å². The molecule has 0 spiro atoms. The van der Waals surface area contributed by atoms with E-state index in [9.17, 15) is 0 Å². The number of aryl methyl sites for hydroxylation is 1. The molecule has 0 radical (unpaired) electrons. The minimum absolute atomic E-state index is 0.111. The van der Waals surface area contributed by atoms with Crippen molar-refractivity contribution in [1.29, 1.82) is 0 Å². The van der Waals surface area contributed by atoms with E-state index in [0.29, 0.717) is 12.1 Å². The second-order valence-electron chi connectivity index (χ2n) is 5.78. The highest BCUT2D eigenvalue weighted by Gasteiger charge is 2.34. The summed E-state index contributed by atoms with van der Waals surface area (Å²) in [4.78, 5) is 1.48. The van der Waals surface area contributed by atoms with E-state index >= 15 is 0 Å². The molecule has 1 fully saturated rings. The van der Waals surface area contributed by atoms with E-state index in [-0.39, 0.29) is 5.60 Å². The van der Waals surface area contributed by atoms with Gasteiger partial charge in [-0.05, 0) is 56.5 Å². The molecule has 2 unspecified atom stereocenters. The largest absolute Gasteiger partial charge is 0.375 e. The molecule has 19 heavy (non-hydrogen) atoms. The highest BCUT2D eigenvalue weighted by atomic mass is 32.1. The fourth-order valence-corrected chi connectivity index (χ4v) is 4.11. The molecule has 1 N–H and O–H groups in total. The van der Waals surface area contributed by atoms with Crippen LogP contribution in [0, 0.1) is 6.92 Å². The van der Waals surface area contributed by atoms with E-state index < -0.39 is 0 Å². The molecule has 1 aromatic heterocycles. The van der Waals surface area contributed by atoms with Crippen molar-refractivity contribution in [2.75, 3.05) is 6.61 Å². The molecule has 2 atom stereocenters. The van der Waals surface area contributed by atoms with Crippen LogP contribution in [-0.4, -0.2) is 18.2 Å². The van der Waals surface area contributed by atoms with E-state index in [1.165, 1.54) is 10.4 Å². The van der Waals surface area contributed by atoms with Gasteiger partial charge in [-0.25, -0.2) is 0 Å². The Labute approximate surface area is 121 Å². The van der Waals surface area contributed by atoms with Gasteiger partial charge in [0.25, 0.3) is 0 Å². The maximum absolute atomic E-state index is 6.05. The van der Waals surface area contributed by atoms with Crippen LogP contribution in [0.5, 0.6) is 0 Å². The first-order valence-electron chi connectivity index (χ1n) is 7.54. The van der Waals surface area contributed by atoms with Gasteiger partial charge in [-0.1, -0.05) is 13.8 Å². The van der Waals surface area contributed by atoms with Crippen molar-refractivity contribution in [3.8, 4) is 0 Å². The van der Waals surface area contributed by atoms with E-state index in [1.807, 2.05) is 11.3 Å². The molecule has 2 rings (SSSR count). The molecule has 0 amide bonds. The number of thiophene rings is 1. The summed E-state index contributed by atoms with van der Waals surface area (Å²) in [6, 6.07) is 3.25. The van der Waals surface area contributed by atoms with E-state index in [4.69, 9.17) is 4.74 Å². The zero-order valence-electron chi connectivity index (χ0n) is 12.7. The van der Waals surface area contributed by atoms with Gasteiger partial charge in [0.1, 0.15) is 0 Å². The maximum atomic E-state index is 6.05. The summed E-state index contributed by atoms with van der Waals surface area (Å²) in [6.07, 6.45) is 4.52. The lowest BCUT2D eigenvalue weighted by Crippen LogP contribution is -2.47. The van der Waals surface area contributed by atoms with Crippen molar-refractivity contribution in [1.82, 2.24) is 5.32 Å². The highest BCUT2D eigenvalue weighted by Crippen LogP contribution is 2.33. The fraction of sp³-hybridized carbons (Fsp3) is 0.750. The first-order chi connectivity index (χ1) is 9.10. The van der Waals surface area contributed by atoms with E-state index in [1.54, 1.807) is 0 Å². The van der Waals surface area contributed by atoms with Gasteiger partial charge in [0.2, 0.25) is 0 Å². The summed E-state index contributed by atoms with van der Waals surface area (Å²) in [5.74, 6) is 0. The zero-order chi connectivity index (χ0) is 13.9. The van der Waals surface area contributed by atoms with Crippen molar-refractivity contribution in [2.24, 2.45) is 0 Å². The Morgan fingerprint density at radius 2 is 2.21 bits per heavy atom. The molecule has 1 aromatic rings. The summed E-state index contributed by atoms with van der Waals surface area (Å²) in [7, 11) is 0. The van der Waals surface area contributed by atoms with Crippen molar-refractivity contribution in [3.05, 3.63) is 21.9 Å². The van der Waals surface area contributed by atoms with Crippen LogP contribution in [-0.2, 0) is 4.74 Å². The number of rotatable bonds is 5. The fourth-order valence-electron chi connectivity index (χ4n) is 3.17. The first-order valence-corrected chi connectivity index (χ1v) is 8.42. The lowest BCUT2D eigenvalue weighted by molar-refractivity contribution is -0.0939. The average Bonchev–Trinajstić information content (AvgIpc) is 2.85. The van der Waals surface area contributed by atoms with Crippen LogP contribution < -0.4 is 5.32 Å². The Morgan fingerprint density at radius 1 is 1.47 bits per heavy atom. The summed E-state index contributed by atoms with van der Waals surface area (Å²) < 4.78 is 6.05. The molecule has 2 heterocycles. The van der Waals surface area contributed by atoms with Gasteiger partial charge in [0, 0.05) is 23.6 Å². The van der Waals surface area contributed by atoms with Crippen molar-refractivity contribution >= 4 is 11.3 Å². The molecular formula is C16H27NOS. The number of nitrogens with one attached hydrogen (secondary N) is 1. The Bertz CT molecular complexity index is 397. The molecule has 0 aliphatic carbocycles. The summed E-state index contributed by atoms with van der Waals surface area (Å²) >= 11 is 1.86. The van der Waals surface area contributed by atoms with Crippen LogP contribution in [0.2, 0.25) is 0 Å². The first kappa shape index (κ1) is 15.0. The van der Waals surface area contributed by atoms with Crippen molar-refractivity contribution < 1.29 is 4.74 Å². The summed E-state index contributed by atoms with van der Waals surface area (Å²) in [5.41, 5.74) is 1.52. The topological polar surface area (TPSA) is 21.3 Å². The summed E-state index contributed by atoms with van der Waals surface area (Å²) in [6.45, 7) is 9.89. The van der Waals surface area contributed by atoms with Gasteiger partial charge in [0.15, 0.2) is 0 Å². The summed E-state index contributed by atoms with van der Waals surface area (Å²) in [5, 5.41) is 6.01. The van der Waals surface area contributed by atoms with Crippen molar-refractivity contribution in [3.63, 3.8) is 0 Å². The predicted molar refractivity (Wildman–Crippen MR) is 82.9 cm³/mol. The lowest BCUT2D eigenvalue weighted by Gasteiger charge is -2.41. The Kier molecular flexibility index (Phi) is 5.04.